The highest BCUT2D eigenvalue weighted by Crippen LogP contribution is 2.37. The second-order valence-electron chi connectivity index (χ2n) is 7.38. The maximum atomic E-state index is 5.47. The van der Waals surface area contributed by atoms with E-state index in [1.165, 1.54) is 38.0 Å². The fourth-order valence-corrected chi connectivity index (χ4v) is 4.35. The molecule has 3 aliphatic rings. The van der Waals surface area contributed by atoms with Gasteiger partial charge in [0.15, 0.2) is 5.11 Å². The van der Waals surface area contributed by atoms with E-state index in [9.17, 15) is 0 Å². The summed E-state index contributed by atoms with van der Waals surface area (Å²) in [6.45, 7) is 5.83. The predicted molar refractivity (Wildman–Crippen MR) is 107 cm³/mol. The van der Waals surface area contributed by atoms with Gasteiger partial charge in [-0.15, -0.1) is 0 Å². The molecule has 1 aromatic rings. The largest absolute Gasteiger partial charge is 0.378 e. The Morgan fingerprint density at radius 2 is 2.04 bits per heavy atom. The van der Waals surface area contributed by atoms with Crippen molar-refractivity contribution in [2.45, 2.75) is 32.2 Å². The molecule has 4 rings (SSSR count). The molecule has 5 heteroatoms. The van der Waals surface area contributed by atoms with Crippen molar-refractivity contribution in [3.63, 3.8) is 0 Å². The van der Waals surface area contributed by atoms with Crippen LogP contribution < -0.4 is 15.5 Å². The molecule has 3 aliphatic heterocycles. The maximum Gasteiger partial charge on any atom is 0.170 e. The summed E-state index contributed by atoms with van der Waals surface area (Å²) in [5, 5.41) is 7.44. The lowest BCUT2D eigenvalue weighted by Crippen LogP contribution is -2.56. The fourth-order valence-electron chi connectivity index (χ4n) is 4.15. The van der Waals surface area contributed by atoms with Crippen LogP contribution in [0.1, 0.15) is 26.2 Å². The summed E-state index contributed by atoms with van der Waals surface area (Å²) in [5.41, 5.74) is 2.23. The molecule has 3 fully saturated rings. The summed E-state index contributed by atoms with van der Waals surface area (Å²) in [6, 6.07) is 8.98. The minimum Gasteiger partial charge on any atom is -0.378 e. The smallest absolute Gasteiger partial charge is 0.170 e. The van der Waals surface area contributed by atoms with Crippen molar-refractivity contribution >= 4 is 28.7 Å². The van der Waals surface area contributed by atoms with Gasteiger partial charge in [0.25, 0.3) is 0 Å². The molecule has 0 spiro atoms. The van der Waals surface area contributed by atoms with Gasteiger partial charge in [-0.3, -0.25) is 4.90 Å². The molecule has 132 valence electrons. The lowest BCUT2D eigenvalue weighted by atomic mass is 9.74. The highest BCUT2D eigenvalue weighted by molar-refractivity contribution is 7.80. The van der Waals surface area contributed by atoms with Gasteiger partial charge in [-0.1, -0.05) is 13.3 Å². The third-order valence-corrected chi connectivity index (χ3v) is 5.92. The summed E-state index contributed by atoms with van der Waals surface area (Å²) in [7, 11) is 4.09. The first-order valence-electron chi connectivity index (χ1n) is 9.13. The maximum absolute atomic E-state index is 5.47. The Hall–Kier alpha value is -1.33. The third-order valence-electron chi connectivity index (χ3n) is 5.68. The number of benzene rings is 1. The highest BCUT2D eigenvalue weighted by atomic mass is 32.1. The Labute approximate surface area is 151 Å². The van der Waals surface area contributed by atoms with Crippen molar-refractivity contribution in [2.75, 3.05) is 43.9 Å². The Morgan fingerprint density at radius 1 is 1.29 bits per heavy atom. The van der Waals surface area contributed by atoms with Crippen LogP contribution in [0.5, 0.6) is 0 Å². The van der Waals surface area contributed by atoms with Gasteiger partial charge >= 0.3 is 0 Å². The second kappa shape index (κ2) is 7.70. The van der Waals surface area contributed by atoms with Crippen LogP contribution in [-0.2, 0) is 0 Å². The van der Waals surface area contributed by atoms with Gasteiger partial charge in [0.05, 0.1) is 0 Å². The van der Waals surface area contributed by atoms with Crippen LogP contribution in [0.15, 0.2) is 24.3 Å². The summed E-state index contributed by atoms with van der Waals surface area (Å²) in [5.74, 6) is 1.84. The topological polar surface area (TPSA) is 30.5 Å². The van der Waals surface area contributed by atoms with E-state index in [4.69, 9.17) is 12.2 Å². The first kappa shape index (κ1) is 17.5. The molecule has 1 unspecified atom stereocenters. The van der Waals surface area contributed by atoms with Crippen molar-refractivity contribution in [2.24, 2.45) is 11.8 Å². The molecule has 4 nitrogen and oxygen atoms in total. The van der Waals surface area contributed by atoms with Crippen molar-refractivity contribution in [3.05, 3.63) is 24.3 Å². The Balaban J connectivity index is 1.46. The van der Waals surface area contributed by atoms with Crippen molar-refractivity contribution in [1.29, 1.82) is 0 Å². The number of thiocarbonyl (C=S) groups is 1. The molecule has 2 bridgehead atoms. The van der Waals surface area contributed by atoms with E-state index in [0.29, 0.717) is 6.04 Å². The molecule has 4 atom stereocenters. The Morgan fingerprint density at radius 3 is 2.62 bits per heavy atom. The lowest BCUT2D eigenvalue weighted by molar-refractivity contribution is 0.00212. The van der Waals surface area contributed by atoms with E-state index in [2.05, 4.69) is 51.6 Å². The van der Waals surface area contributed by atoms with E-state index in [1.54, 1.807) is 0 Å². The van der Waals surface area contributed by atoms with Gasteiger partial charge in [-0.25, -0.2) is 0 Å². The summed E-state index contributed by atoms with van der Waals surface area (Å²) in [4.78, 5) is 4.76. The first-order valence-corrected chi connectivity index (χ1v) is 9.54. The number of piperidine rings is 3. The van der Waals surface area contributed by atoms with Crippen LogP contribution in [0.2, 0.25) is 0 Å². The van der Waals surface area contributed by atoms with Crippen LogP contribution in [0.4, 0.5) is 11.4 Å². The molecule has 3 heterocycles. The standard InChI is InChI=1S/C19H30N4S/c1-4-14-13-23-10-9-15(14)11-18(23)12-20-19(24)21-16-5-7-17(8-6-16)22(2)3/h5-8,14-15,18H,4,9-13H2,1-3H3,(H2,20,21,24)/t14-,15-,18+/m0/s1. The molecule has 0 aromatic heterocycles. The number of nitrogens with one attached hydrogen (secondary N) is 2. The van der Waals surface area contributed by atoms with Gasteiger partial charge in [-0.05, 0) is 67.7 Å². The van der Waals surface area contributed by atoms with Gasteiger partial charge in [0.2, 0.25) is 0 Å². The number of hydrogen-bond donors (Lipinski definition) is 2. The Bertz CT molecular complexity index is 557. The zero-order chi connectivity index (χ0) is 17.1. The van der Waals surface area contributed by atoms with E-state index in [0.717, 1.165) is 29.2 Å². The number of hydrogen-bond acceptors (Lipinski definition) is 3. The van der Waals surface area contributed by atoms with Crippen LogP contribution >= 0.6 is 12.2 Å². The van der Waals surface area contributed by atoms with Gasteiger partial charge in [0, 0.05) is 44.6 Å². The summed E-state index contributed by atoms with van der Waals surface area (Å²) in [6.07, 6.45) is 4.03. The molecule has 3 saturated heterocycles. The van der Waals surface area contributed by atoms with Crippen molar-refractivity contribution < 1.29 is 0 Å². The molecular weight excluding hydrogens is 316 g/mol. The molecule has 0 radical (unpaired) electrons. The molecule has 2 N–H and O–H groups in total. The normalized spacial score (nSPS) is 28.5. The van der Waals surface area contributed by atoms with E-state index < -0.39 is 0 Å². The Kier molecular flexibility index (Phi) is 5.61. The van der Waals surface area contributed by atoms with E-state index in [1.807, 2.05) is 14.1 Å². The first-order chi connectivity index (χ1) is 11.6. The van der Waals surface area contributed by atoms with Crippen molar-refractivity contribution in [1.82, 2.24) is 10.2 Å². The van der Waals surface area contributed by atoms with Crippen LogP contribution in [0.3, 0.4) is 0 Å². The predicted octanol–water partition coefficient (Wildman–Crippen LogP) is 3.16. The molecular formula is C19H30N4S. The SMILES string of the molecule is CC[C@H]1CN2CC[C@H]1C[C@@H]2CNC(=S)Nc1ccc(N(C)C)cc1. The third kappa shape index (κ3) is 4.01. The van der Waals surface area contributed by atoms with Gasteiger partial charge < -0.3 is 15.5 Å². The average Bonchev–Trinajstić information content (AvgIpc) is 2.60. The second-order valence-corrected chi connectivity index (χ2v) is 7.79. The monoisotopic (exact) mass is 346 g/mol. The minimum atomic E-state index is 0.641. The molecule has 0 amide bonds. The van der Waals surface area contributed by atoms with Gasteiger partial charge in [0.1, 0.15) is 0 Å². The number of nitrogens with zero attached hydrogens (tertiary/aromatic N) is 2. The number of rotatable bonds is 5. The zero-order valence-electron chi connectivity index (χ0n) is 15.1. The number of anilines is 2. The molecule has 0 aliphatic carbocycles. The average molecular weight is 347 g/mol. The van der Waals surface area contributed by atoms with Crippen LogP contribution in [-0.4, -0.2) is 49.8 Å². The van der Waals surface area contributed by atoms with Gasteiger partial charge in [-0.2, -0.15) is 0 Å². The highest BCUT2D eigenvalue weighted by Gasteiger charge is 2.38. The van der Waals surface area contributed by atoms with E-state index >= 15 is 0 Å². The summed E-state index contributed by atoms with van der Waals surface area (Å²) >= 11 is 5.47. The lowest BCUT2D eigenvalue weighted by Gasteiger charge is -2.50. The number of fused-ring (bicyclic) bond motifs is 3. The van der Waals surface area contributed by atoms with Crippen molar-refractivity contribution in [3.8, 4) is 0 Å². The molecule has 24 heavy (non-hydrogen) atoms. The minimum absolute atomic E-state index is 0.641. The molecule has 0 saturated carbocycles. The zero-order valence-corrected chi connectivity index (χ0v) is 15.9. The van der Waals surface area contributed by atoms with E-state index in [-0.39, 0.29) is 0 Å². The van der Waals surface area contributed by atoms with Crippen LogP contribution in [0, 0.1) is 11.8 Å². The molecule has 1 aromatic carbocycles. The quantitative estimate of drug-likeness (QED) is 0.800. The summed E-state index contributed by atoms with van der Waals surface area (Å²) < 4.78 is 0. The van der Waals surface area contributed by atoms with Crippen LogP contribution in [0.25, 0.3) is 0 Å². The fraction of sp³-hybridized carbons (Fsp3) is 0.632.